The van der Waals surface area contributed by atoms with Crippen molar-refractivity contribution in [2.45, 2.75) is 44.7 Å². The van der Waals surface area contributed by atoms with E-state index in [0.717, 1.165) is 67.9 Å². The predicted molar refractivity (Wildman–Crippen MR) is 140 cm³/mol. The van der Waals surface area contributed by atoms with Crippen molar-refractivity contribution >= 4 is 50.6 Å². The van der Waals surface area contributed by atoms with Crippen molar-refractivity contribution in [1.82, 2.24) is 20.2 Å². The Bertz CT molecular complexity index is 1190. The number of amides is 1. The number of nitrogens with one attached hydrogen (secondary N) is 3. The van der Waals surface area contributed by atoms with Gasteiger partial charge in [0.2, 0.25) is 11.9 Å². The molecule has 1 aromatic carbocycles. The minimum Gasteiger partial charge on any atom is -0.367 e. The average Bonchev–Trinajstić information content (AvgIpc) is 3.30. The summed E-state index contributed by atoms with van der Waals surface area (Å²) >= 11 is 1.61. The maximum Gasteiger partial charge on any atom is 0.229 e. The van der Waals surface area contributed by atoms with Crippen LogP contribution in [0.15, 0.2) is 29.6 Å². The van der Waals surface area contributed by atoms with Crippen LogP contribution in [0, 0.1) is 5.82 Å². The van der Waals surface area contributed by atoms with Crippen molar-refractivity contribution < 1.29 is 9.18 Å². The van der Waals surface area contributed by atoms with E-state index in [-0.39, 0.29) is 23.8 Å². The minimum atomic E-state index is -0.245. The number of benzene rings is 1. The average molecular weight is 498 g/mol. The Morgan fingerprint density at radius 3 is 2.51 bits per heavy atom. The van der Waals surface area contributed by atoms with Crippen molar-refractivity contribution in [3.8, 4) is 0 Å². The first-order valence-electron chi connectivity index (χ1n) is 12.2. The highest BCUT2D eigenvalue weighted by Gasteiger charge is 2.23. The number of carbonyl (C=O) groups is 1. The summed E-state index contributed by atoms with van der Waals surface area (Å²) < 4.78 is 16.0. The van der Waals surface area contributed by atoms with E-state index >= 15 is 0 Å². The van der Waals surface area contributed by atoms with Gasteiger partial charge >= 0.3 is 0 Å². The molecule has 0 atom stereocenters. The van der Waals surface area contributed by atoms with E-state index in [9.17, 15) is 9.18 Å². The Morgan fingerprint density at radius 1 is 1.06 bits per heavy atom. The fourth-order valence-electron chi connectivity index (χ4n) is 4.90. The maximum absolute atomic E-state index is 15.0. The second kappa shape index (κ2) is 10.3. The van der Waals surface area contributed by atoms with Crippen LogP contribution >= 0.6 is 11.3 Å². The summed E-state index contributed by atoms with van der Waals surface area (Å²) in [4.78, 5) is 25.1. The molecule has 3 N–H and O–H groups in total. The first-order valence-corrected chi connectivity index (χ1v) is 13.1. The van der Waals surface area contributed by atoms with Gasteiger partial charge < -0.3 is 25.8 Å². The van der Waals surface area contributed by atoms with Crippen molar-refractivity contribution in [1.29, 1.82) is 0 Å². The van der Waals surface area contributed by atoms with Gasteiger partial charge in [-0.15, -0.1) is 11.3 Å². The number of thiophene rings is 1. The van der Waals surface area contributed by atoms with Crippen molar-refractivity contribution in [3.63, 3.8) is 0 Å². The summed E-state index contributed by atoms with van der Waals surface area (Å²) in [5.41, 5.74) is 2.11. The van der Waals surface area contributed by atoms with Gasteiger partial charge in [-0.25, -0.2) is 9.37 Å². The third-order valence-corrected chi connectivity index (χ3v) is 7.74. The number of hydrogen-bond acceptors (Lipinski definition) is 8. The summed E-state index contributed by atoms with van der Waals surface area (Å²) in [6, 6.07) is 7.74. The molecule has 0 radical (unpaired) electrons. The van der Waals surface area contributed by atoms with E-state index in [1.165, 1.54) is 6.07 Å². The van der Waals surface area contributed by atoms with E-state index in [4.69, 9.17) is 4.98 Å². The number of fused-ring (bicyclic) bond motifs is 1. The zero-order valence-electron chi connectivity index (χ0n) is 20.2. The van der Waals surface area contributed by atoms with E-state index in [2.05, 4.69) is 37.8 Å². The smallest absolute Gasteiger partial charge is 0.229 e. The molecule has 186 valence electrons. The fourth-order valence-corrected chi connectivity index (χ4v) is 5.68. The van der Waals surface area contributed by atoms with E-state index < -0.39 is 0 Å². The third-order valence-electron chi connectivity index (χ3n) is 6.83. The molecular weight excluding hydrogens is 465 g/mol. The van der Waals surface area contributed by atoms with Gasteiger partial charge in [-0.2, -0.15) is 4.98 Å². The molecule has 1 saturated heterocycles. The summed E-state index contributed by atoms with van der Waals surface area (Å²) in [5.74, 6) is 1.02. The van der Waals surface area contributed by atoms with Crippen LogP contribution in [0.1, 0.15) is 32.6 Å². The highest BCUT2D eigenvalue weighted by Crippen LogP contribution is 2.31. The SMILES string of the molecule is CC(=O)NC1CCC(Nc2nc(Nc3ccc(N4CCN(C)CC4)c(F)c3)nc3ccsc23)CC1. The fraction of sp³-hybridized carbons (Fsp3) is 0.480. The topological polar surface area (TPSA) is 85.4 Å². The normalized spacial score (nSPS) is 21.2. The molecule has 2 aliphatic rings. The van der Waals surface area contributed by atoms with Gasteiger partial charge in [-0.05, 0) is 62.4 Å². The minimum absolute atomic E-state index is 0.0289. The molecule has 0 bridgehead atoms. The van der Waals surface area contributed by atoms with Crippen molar-refractivity contribution in [3.05, 3.63) is 35.5 Å². The van der Waals surface area contributed by atoms with Crippen LogP contribution in [-0.4, -0.2) is 66.1 Å². The van der Waals surface area contributed by atoms with Gasteiger partial charge in [0.25, 0.3) is 0 Å². The molecule has 3 aromatic rings. The largest absolute Gasteiger partial charge is 0.367 e. The van der Waals surface area contributed by atoms with Gasteiger partial charge in [-0.1, -0.05) is 0 Å². The number of anilines is 4. The molecular formula is C25H32FN7OS. The number of likely N-dealkylation sites (N-methyl/N-ethyl adjacent to an activating group) is 1. The highest BCUT2D eigenvalue weighted by molar-refractivity contribution is 7.17. The first-order chi connectivity index (χ1) is 16.9. The molecule has 0 spiro atoms. The quantitative estimate of drug-likeness (QED) is 0.471. The van der Waals surface area contributed by atoms with Gasteiger partial charge in [0.1, 0.15) is 11.6 Å². The number of aromatic nitrogens is 2. The van der Waals surface area contributed by atoms with Crippen molar-refractivity contribution in [2.75, 3.05) is 48.8 Å². The van der Waals surface area contributed by atoms with Gasteiger partial charge in [0.05, 0.1) is 15.9 Å². The predicted octanol–water partition coefficient (Wildman–Crippen LogP) is 4.19. The number of rotatable bonds is 6. The van der Waals surface area contributed by atoms with Crippen LogP contribution in [0.4, 0.5) is 27.5 Å². The molecule has 1 aliphatic carbocycles. The second-order valence-corrected chi connectivity index (χ2v) is 10.4. The van der Waals surface area contributed by atoms with Crippen LogP contribution in [0.3, 0.4) is 0 Å². The summed E-state index contributed by atoms with van der Waals surface area (Å²) in [6.45, 7) is 5.07. The van der Waals surface area contributed by atoms with Gasteiger partial charge in [0.15, 0.2) is 0 Å². The number of hydrogen-bond donors (Lipinski definition) is 3. The van der Waals surface area contributed by atoms with Crippen LogP contribution in [0.25, 0.3) is 10.2 Å². The van der Waals surface area contributed by atoms with Gasteiger partial charge in [0, 0.05) is 50.9 Å². The zero-order chi connectivity index (χ0) is 24.4. The molecule has 2 aromatic heterocycles. The highest BCUT2D eigenvalue weighted by atomic mass is 32.1. The molecule has 10 heteroatoms. The van der Waals surface area contributed by atoms with Crippen LogP contribution in [0.2, 0.25) is 0 Å². The molecule has 3 heterocycles. The molecule has 5 rings (SSSR count). The molecule has 2 fully saturated rings. The second-order valence-electron chi connectivity index (χ2n) is 9.51. The number of carbonyl (C=O) groups excluding carboxylic acids is 1. The van der Waals surface area contributed by atoms with Crippen LogP contribution in [0.5, 0.6) is 0 Å². The Labute approximate surface area is 208 Å². The zero-order valence-corrected chi connectivity index (χ0v) is 21.0. The molecule has 1 amide bonds. The summed E-state index contributed by atoms with van der Waals surface area (Å²) in [7, 11) is 2.09. The Hall–Kier alpha value is -2.98. The van der Waals surface area contributed by atoms with E-state index in [1.54, 1.807) is 18.3 Å². The molecule has 1 aliphatic heterocycles. The molecule has 35 heavy (non-hydrogen) atoms. The summed E-state index contributed by atoms with van der Waals surface area (Å²) in [5, 5.41) is 11.8. The maximum atomic E-state index is 15.0. The van der Waals surface area contributed by atoms with Gasteiger partial charge in [-0.3, -0.25) is 4.79 Å². The monoisotopic (exact) mass is 497 g/mol. The Morgan fingerprint density at radius 2 is 1.80 bits per heavy atom. The van der Waals surface area contributed by atoms with Crippen molar-refractivity contribution in [2.24, 2.45) is 0 Å². The standard InChI is InChI=1S/C25H32FN7OS/c1-16(34)27-17-3-5-18(6-4-17)28-24-23-21(9-14-35-23)30-25(31-24)29-19-7-8-22(20(26)15-19)33-12-10-32(2)11-13-33/h7-9,14-15,17-18H,3-6,10-13H2,1-2H3,(H,27,34)(H2,28,29,30,31). The van der Waals surface area contributed by atoms with E-state index in [1.807, 2.05) is 23.6 Å². The Kier molecular flexibility index (Phi) is 7.01. The van der Waals surface area contributed by atoms with Crippen LogP contribution < -0.4 is 20.9 Å². The lowest BCUT2D eigenvalue weighted by molar-refractivity contribution is -0.119. The molecule has 0 unspecified atom stereocenters. The summed E-state index contributed by atoms with van der Waals surface area (Å²) in [6.07, 6.45) is 3.81. The Balaban J connectivity index is 1.29. The third kappa shape index (κ3) is 5.65. The first kappa shape index (κ1) is 23.7. The number of nitrogens with zero attached hydrogens (tertiary/aromatic N) is 4. The number of piperazine rings is 1. The lowest BCUT2D eigenvalue weighted by Gasteiger charge is -2.34. The lowest BCUT2D eigenvalue weighted by atomic mass is 9.91. The molecule has 1 saturated carbocycles. The number of halogens is 1. The van der Waals surface area contributed by atoms with E-state index in [0.29, 0.717) is 17.3 Å². The molecule has 8 nitrogen and oxygen atoms in total. The van der Waals surface area contributed by atoms with Crippen LogP contribution in [-0.2, 0) is 4.79 Å². The lowest BCUT2D eigenvalue weighted by Crippen LogP contribution is -2.44.